The molecule has 0 amide bonds. The van der Waals surface area contributed by atoms with E-state index in [0.29, 0.717) is 5.92 Å². The van der Waals surface area contributed by atoms with Crippen molar-refractivity contribution in [1.82, 2.24) is 4.31 Å². The molecule has 0 spiro atoms. The Kier molecular flexibility index (Phi) is 6.82. The van der Waals surface area contributed by atoms with Crippen LogP contribution >= 0.6 is 0 Å². The third kappa shape index (κ3) is 4.42. The standard InChI is InChI=1S/C17H27NOS.C2H6/c1-12-7-8-18(11-12)20(19)16-13(2)9-15(10-14(16)3)17(4,5)6;1-2/h9-10,12H,7-8,11H2,1-6H3;1-2H3. The van der Waals surface area contributed by atoms with Crippen LogP contribution in [0.4, 0.5) is 0 Å². The maximum atomic E-state index is 12.8. The van der Waals surface area contributed by atoms with Crippen molar-refractivity contribution in [3.63, 3.8) is 0 Å². The van der Waals surface area contributed by atoms with Gasteiger partial charge < -0.3 is 0 Å². The largest absolute Gasteiger partial charge is 0.237 e. The zero-order chi connectivity index (χ0) is 17.1. The molecule has 2 atom stereocenters. The smallest absolute Gasteiger partial charge is 0.128 e. The number of nitrogens with zero attached hydrogens (tertiary/aromatic N) is 1. The van der Waals surface area contributed by atoms with Gasteiger partial charge in [0.05, 0.1) is 4.90 Å². The zero-order valence-electron chi connectivity index (χ0n) is 15.6. The zero-order valence-corrected chi connectivity index (χ0v) is 16.4. The molecule has 3 heteroatoms. The van der Waals surface area contributed by atoms with Gasteiger partial charge >= 0.3 is 0 Å². The summed E-state index contributed by atoms with van der Waals surface area (Å²) in [6, 6.07) is 4.42. The fourth-order valence-electron chi connectivity index (χ4n) is 2.83. The fourth-order valence-corrected chi connectivity index (χ4v) is 4.42. The molecule has 0 aromatic heterocycles. The van der Waals surface area contributed by atoms with Crippen molar-refractivity contribution in [2.75, 3.05) is 13.1 Å². The Morgan fingerprint density at radius 1 is 1.14 bits per heavy atom. The van der Waals surface area contributed by atoms with Crippen molar-refractivity contribution in [3.8, 4) is 0 Å². The number of benzene rings is 1. The SMILES string of the molecule is CC.Cc1cc(C(C)(C)C)cc(C)c1S(=O)N1CCC(C)C1. The highest BCUT2D eigenvalue weighted by Gasteiger charge is 2.27. The summed E-state index contributed by atoms with van der Waals surface area (Å²) in [5, 5.41) is 0. The predicted octanol–water partition coefficient (Wildman–Crippen LogP) is 4.99. The van der Waals surface area contributed by atoms with E-state index in [-0.39, 0.29) is 5.41 Å². The van der Waals surface area contributed by atoms with Crippen LogP contribution in [0.5, 0.6) is 0 Å². The Balaban J connectivity index is 0.00000116. The Bertz CT molecular complexity index is 508. The van der Waals surface area contributed by atoms with E-state index in [2.05, 4.69) is 58.0 Å². The molecule has 1 aromatic carbocycles. The molecule has 2 unspecified atom stereocenters. The first-order valence-corrected chi connectivity index (χ1v) is 9.59. The third-order valence-electron chi connectivity index (χ3n) is 4.12. The van der Waals surface area contributed by atoms with Gasteiger partial charge in [-0.15, -0.1) is 0 Å². The first-order valence-electron chi connectivity index (χ1n) is 8.48. The molecule has 0 N–H and O–H groups in total. The fraction of sp³-hybridized carbons (Fsp3) is 0.684. The lowest BCUT2D eigenvalue weighted by atomic mass is 9.85. The molecule has 0 aliphatic carbocycles. The molecule has 1 saturated heterocycles. The molecule has 22 heavy (non-hydrogen) atoms. The summed E-state index contributed by atoms with van der Waals surface area (Å²) in [5.74, 6) is 0.661. The summed E-state index contributed by atoms with van der Waals surface area (Å²) < 4.78 is 15.0. The number of hydrogen-bond acceptors (Lipinski definition) is 1. The lowest BCUT2D eigenvalue weighted by Crippen LogP contribution is -2.24. The van der Waals surface area contributed by atoms with Gasteiger partial charge in [0.25, 0.3) is 0 Å². The van der Waals surface area contributed by atoms with Gasteiger partial charge in [0.2, 0.25) is 0 Å². The second kappa shape index (κ2) is 7.74. The van der Waals surface area contributed by atoms with Crippen LogP contribution < -0.4 is 0 Å². The van der Waals surface area contributed by atoms with Gasteiger partial charge in [-0.25, -0.2) is 8.51 Å². The lowest BCUT2D eigenvalue weighted by molar-refractivity contribution is 0.512. The van der Waals surface area contributed by atoms with Gasteiger partial charge in [-0.05, 0) is 48.3 Å². The monoisotopic (exact) mass is 323 g/mol. The summed E-state index contributed by atoms with van der Waals surface area (Å²) >= 11 is 0. The van der Waals surface area contributed by atoms with Crippen molar-refractivity contribution < 1.29 is 4.21 Å². The summed E-state index contributed by atoms with van der Waals surface area (Å²) in [4.78, 5) is 1.02. The maximum Gasteiger partial charge on any atom is 0.128 e. The molecule has 0 saturated carbocycles. The van der Waals surface area contributed by atoms with Gasteiger partial charge in [0.1, 0.15) is 11.0 Å². The molecular weight excluding hydrogens is 290 g/mol. The molecule has 2 nitrogen and oxygen atoms in total. The third-order valence-corrected chi connectivity index (χ3v) is 5.92. The number of aryl methyl sites for hydroxylation is 2. The van der Waals surface area contributed by atoms with Gasteiger partial charge in [0, 0.05) is 13.1 Å². The van der Waals surface area contributed by atoms with E-state index in [1.54, 1.807) is 0 Å². The molecule has 1 aliphatic rings. The molecular formula is C19H33NOS. The van der Waals surface area contributed by atoms with Gasteiger partial charge in [-0.3, -0.25) is 0 Å². The van der Waals surface area contributed by atoms with Crippen LogP contribution in [0.2, 0.25) is 0 Å². The minimum atomic E-state index is -1.00. The Labute approximate surface area is 139 Å². The van der Waals surface area contributed by atoms with Crippen molar-refractivity contribution in [1.29, 1.82) is 0 Å². The molecule has 1 fully saturated rings. The second-order valence-electron chi connectivity index (χ2n) is 7.22. The molecule has 2 rings (SSSR count). The second-order valence-corrected chi connectivity index (χ2v) is 8.64. The predicted molar refractivity (Wildman–Crippen MR) is 97.7 cm³/mol. The number of hydrogen-bond donors (Lipinski definition) is 0. The van der Waals surface area contributed by atoms with E-state index in [0.717, 1.165) is 35.5 Å². The average molecular weight is 324 g/mol. The molecule has 0 bridgehead atoms. The Morgan fingerprint density at radius 3 is 2.00 bits per heavy atom. The quantitative estimate of drug-likeness (QED) is 0.750. The number of rotatable bonds is 2. The summed E-state index contributed by atoms with van der Waals surface area (Å²) in [5.41, 5.74) is 3.78. The van der Waals surface area contributed by atoms with Gasteiger partial charge in [-0.1, -0.05) is 53.7 Å². The highest BCUT2D eigenvalue weighted by Crippen LogP contribution is 2.30. The topological polar surface area (TPSA) is 20.3 Å². The highest BCUT2D eigenvalue weighted by molar-refractivity contribution is 7.82. The molecule has 1 aromatic rings. The highest BCUT2D eigenvalue weighted by atomic mass is 32.2. The Hall–Kier alpha value is -0.670. The van der Waals surface area contributed by atoms with Crippen molar-refractivity contribution >= 4 is 11.0 Å². The summed E-state index contributed by atoms with van der Waals surface area (Å²) in [6.07, 6.45) is 1.16. The van der Waals surface area contributed by atoms with Crippen molar-refractivity contribution in [2.24, 2.45) is 5.92 Å². The van der Waals surface area contributed by atoms with Crippen LogP contribution in [0.1, 0.15) is 64.7 Å². The Morgan fingerprint density at radius 2 is 1.64 bits per heavy atom. The summed E-state index contributed by atoms with van der Waals surface area (Å²) in [6.45, 7) is 19.0. The van der Waals surface area contributed by atoms with E-state index in [9.17, 15) is 4.21 Å². The normalized spacial score (nSPS) is 20.5. The van der Waals surface area contributed by atoms with Gasteiger partial charge in [-0.2, -0.15) is 0 Å². The first-order chi connectivity index (χ1) is 10.2. The first kappa shape index (κ1) is 19.4. The van der Waals surface area contributed by atoms with E-state index in [1.807, 2.05) is 13.8 Å². The minimum absolute atomic E-state index is 0.137. The van der Waals surface area contributed by atoms with Crippen molar-refractivity contribution in [3.05, 3.63) is 28.8 Å². The van der Waals surface area contributed by atoms with E-state index in [1.165, 1.54) is 5.56 Å². The summed E-state index contributed by atoms with van der Waals surface area (Å²) in [7, 11) is -1.00. The van der Waals surface area contributed by atoms with Crippen LogP contribution in [-0.4, -0.2) is 21.6 Å². The minimum Gasteiger partial charge on any atom is -0.237 e. The van der Waals surface area contributed by atoms with Crippen molar-refractivity contribution in [2.45, 2.75) is 72.1 Å². The van der Waals surface area contributed by atoms with Crippen LogP contribution in [0, 0.1) is 19.8 Å². The average Bonchev–Trinajstić information content (AvgIpc) is 2.85. The van der Waals surface area contributed by atoms with Crippen LogP contribution in [0.25, 0.3) is 0 Å². The van der Waals surface area contributed by atoms with Crippen LogP contribution in [0.3, 0.4) is 0 Å². The van der Waals surface area contributed by atoms with E-state index >= 15 is 0 Å². The molecule has 1 aliphatic heterocycles. The van der Waals surface area contributed by atoms with E-state index in [4.69, 9.17) is 0 Å². The molecule has 126 valence electrons. The molecule has 1 heterocycles. The van der Waals surface area contributed by atoms with Crippen LogP contribution in [0.15, 0.2) is 17.0 Å². The van der Waals surface area contributed by atoms with Gasteiger partial charge in [0.15, 0.2) is 0 Å². The van der Waals surface area contributed by atoms with Crippen LogP contribution in [-0.2, 0) is 16.4 Å². The van der Waals surface area contributed by atoms with E-state index < -0.39 is 11.0 Å². The molecule has 0 radical (unpaired) electrons. The maximum absolute atomic E-state index is 12.8. The lowest BCUT2D eigenvalue weighted by Gasteiger charge is -2.23.